The summed E-state index contributed by atoms with van der Waals surface area (Å²) < 4.78 is 0. The van der Waals surface area contributed by atoms with Crippen molar-refractivity contribution < 1.29 is 14.7 Å². The molecule has 23 heavy (non-hydrogen) atoms. The first-order valence-electron chi connectivity index (χ1n) is 8.23. The van der Waals surface area contributed by atoms with E-state index < -0.39 is 11.9 Å². The van der Waals surface area contributed by atoms with Gasteiger partial charge >= 0.3 is 5.97 Å². The molecule has 1 aromatic carbocycles. The second kappa shape index (κ2) is 8.22. The van der Waals surface area contributed by atoms with E-state index in [0.29, 0.717) is 12.1 Å². The van der Waals surface area contributed by atoms with E-state index in [1.54, 1.807) is 0 Å². The molecular weight excluding hydrogens is 292 g/mol. The van der Waals surface area contributed by atoms with Gasteiger partial charge in [0.25, 0.3) is 0 Å². The van der Waals surface area contributed by atoms with Gasteiger partial charge in [-0.1, -0.05) is 23.8 Å². The second-order valence-electron chi connectivity index (χ2n) is 6.38. The zero-order valence-corrected chi connectivity index (χ0v) is 14.0. The van der Waals surface area contributed by atoms with Crippen molar-refractivity contribution in [1.29, 1.82) is 0 Å². The smallest absolute Gasteiger partial charge is 0.304 e. The minimum Gasteiger partial charge on any atom is -0.481 e. The molecule has 126 valence electrons. The van der Waals surface area contributed by atoms with Crippen LogP contribution in [-0.2, 0) is 4.79 Å². The summed E-state index contributed by atoms with van der Waals surface area (Å²) in [5, 5.41) is 12.5. The standard InChI is InChI=1S/C18H26N2O3/c1-13-4-5-16(14(2)10-13)18(23)15(11-17(21)22)12-20-8-3-6-19-7-9-20/h4-5,10,15,19H,3,6-9,11-12H2,1-2H3,(H,21,22). The molecule has 0 spiro atoms. The largest absolute Gasteiger partial charge is 0.481 e. The van der Waals surface area contributed by atoms with Crippen LogP contribution in [0.25, 0.3) is 0 Å². The molecular formula is C18H26N2O3. The van der Waals surface area contributed by atoms with Gasteiger partial charge < -0.3 is 15.3 Å². The number of aryl methyl sites for hydroxylation is 2. The number of carbonyl (C=O) groups excluding carboxylic acids is 1. The van der Waals surface area contributed by atoms with Gasteiger partial charge in [-0.3, -0.25) is 9.59 Å². The third-order valence-corrected chi connectivity index (χ3v) is 4.35. The van der Waals surface area contributed by atoms with E-state index in [-0.39, 0.29) is 12.2 Å². The highest BCUT2D eigenvalue weighted by molar-refractivity contribution is 6.00. The summed E-state index contributed by atoms with van der Waals surface area (Å²) in [6, 6.07) is 5.71. The molecule has 0 aromatic heterocycles. The topological polar surface area (TPSA) is 69.6 Å². The van der Waals surface area contributed by atoms with E-state index in [4.69, 9.17) is 0 Å². The Morgan fingerprint density at radius 3 is 2.74 bits per heavy atom. The Kier molecular flexibility index (Phi) is 6.30. The number of benzene rings is 1. The molecule has 1 aliphatic rings. The van der Waals surface area contributed by atoms with Gasteiger partial charge in [0, 0.05) is 31.1 Å². The van der Waals surface area contributed by atoms with Crippen molar-refractivity contribution in [3.8, 4) is 0 Å². The van der Waals surface area contributed by atoms with Gasteiger partial charge in [0.1, 0.15) is 0 Å². The second-order valence-corrected chi connectivity index (χ2v) is 6.38. The van der Waals surface area contributed by atoms with E-state index in [1.807, 2.05) is 32.0 Å². The number of rotatable bonds is 6. The number of hydrogen-bond donors (Lipinski definition) is 2. The van der Waals surface area contributed by atoms with Gasteiger partial charge in [-0.15, -0.1) is 0 Å². The average molecular weight is 318 g/mol. The lowest BCUT2D eigenvalue weighted by atomic mass is 9.91. The zero-order valence-electron chi connectivity index (χ0n) is 14.0. The molecule has 0 amide bonds. The lowest BCUT2D eigenvalue weighted by molar-refractivity contribution is -0.137. The van der Waals surface area contributed by atoms with Gasteiger partial charge in [0.2, 0.25) is 0 Å². The molecule has 1 aliphatic heterocycles. The van der Waals surface area contributed by atoms with Gasteiger partial charge in [-0.2, -0.15) is 0 Å². The zero-order chi connectivity index (χ0) is 16.8. The van der Waals surface area contributed by atoms with E-state index in [9.17, 15) is 14.7 Å². The van der Waals surface area contributed by atoms with Gasteiger partial charge in [-0.05, 0) is 38.9 Å². The summed E-state index contributed by atoms with van der Waals surface area (Å²) in [5.74, 6) is -1.46. The Bertz CT molecular complexity index is 563. The first-order chi connectivity index (χ1) is 11.0. The summed E-state index contributed by atoms with van der Waals surface area (Å²) in [6.45, 7) is 8.04. The summed E-state index contributed by atoms with van der Waals surface area (Å²) >= 11 is 0. The molecule has 2 rings (SSSR count). The highest BCUT2D eigenvalue weighted by Gasteiger charge is 2.26. The van der Waals surface area contributed by atoms with Crippen molar-refractivity contribution in [3.05, 3.63) is 34.9 Å². The predicted octanol–water partition coefficient (Wildman–Crippen LogP) is 1.87. The fourth-order valence-corrected chi connectivity index (χ4v) is 3.16. The van der Waals surface area contributed by atoms with Crippen LogP contribution in [0.3, 0.4) is 0 Å². The maximum atomic E-state index is 12.9. The van der Waals surface area contributed by atoms with Crippen LogP contribution >= 0.6 is 0 Å². The molecule has 0 aliphatic carbocycles. The number of Topliss-reactive ketones (excluding diaryl/α,β-unsaturated/α-hetero) is 1. The monoisotopic (exact) mass is 318 g/mol. The SMILES string of the molecule is Cc1ccc(C(=O)C(CC(=O)O)CN2CCCNCC2)c(C)c1. The normalized spacial score (nSPS) is 17.5. The number of ketones is 1. The minimum absolute atomic E-state index is 0.0536. The van der Waals surface area contributed by atoms with Crippen molar-refractivity contribution >= 4 is 11.8 Å². The summed E-state index contributed by atoms with van der Waals surface area (Å²) in [6.07, 6.45) is 0.910. The van der Waals surface area contributed by atoms with Crippen LogP contribution in [0.4, 0.5) is 0 Å². The number of carboxylic acid groups (broad SMARTS) is 1. The molecule has 0 bridgehead atoms. The Morgan fingerprint density at radius 1 is 1.26 bits per heavy atom. The number of hydrogen-bond acceptors (Lipinski definition) is 4. The molecule has 1 saturated heterocycles. The van der Waals surface area contributed by atoms with Crippen LogP contribution in [0, 0.1) is 19.8 Å². The van der Waals surface area contributed by atoms with Crippen LogP contribution < -0.4 is 5.32 Å². The Balaban J connectivity index is 2.15. The maximum absolute atomic E-state index is 12.9. The van der Waals surface area contributed by atoms with Crippen molar-refractivity contribution in [1.82, 2.24) is 10.2 Å². The highest BCUT2D eigenvalue weighted by atomic mass is 16.4. The first kappa shape index (κ1) is 17.6. The minimum atomic E-state index is -0.916. The number of carboxylic acids is 1. The summed E-state index contributed by atoms with van der Waals surface area (Å²) in [5.41, 5.74) is 2.67. The highest BCUT2D eigenvalue weighted by Crippen LogP contribution is 2.19. The van der Waals surface area contributed by atoms with Gasteiger partial charge in [0.15, 0.2) is 5.78 Å². The average Bonchev–Trinajstić information content (AvgIpc) is 2.74. The lowest BCUT2D eigenvalue weighted by Crippen LogP contribution is -2.36. The molecule has 1 fully saturated rings. The predicted molar refractivity (Wildman–Crippen MR) is 89.9 cm³/mol. The molecule has 0 saturated carbocycles. The molecule has 0 radical (unpaired) electrons. The van der Waals surface area contributed by atoms with Crippen LogP contribution in [0.5, 0.6) is 0 Å². The van der Waals surface area contributed by atoms with E-state index in [1.165, 1.54) is 0 Å². The number of aliphatic carboxylic acids is 1. The number of carbonyl (C=O) groups is 2. The van der Waals surface area contributed by atoms with Gasteiger partial charge in [0.05, 0.1) is 6.42 Å². The number of nitrogens with one attached hydrogen (secondary N) is 1. The Morgan fingerprint density at radius 2 is 2.04 bits per heavy atom. The molecule has 1 aromatic rings. The molecule has 1 heterocycles. The summed E-state index contributed by atoms with van der Waals surface area (Å²) in [4.78, 5) is 26.3. The van der Waals surface area contributed by atoms with Crippen LogP contribution in [0.15, 0.2) is 18.2 Å². The molecule has 5 nitrogen and oxygen atoms in total. The van der Waals surface area contributed by atoms with Crippen molar-refractivity contribution in [2.45, 2.75) is 26.7 Å². The maximum Gasteiger partial charge on any atom is 0.304 e. The Hall–Kier alpha value is -1.72. The molecule has 1 atom stereocenters. The fourth-order valence-electron chi connectivity index (χ4n) is 3.16. The lowest BCUT2D eigenvalue weighted by Gasteiger charge is -2.25. The molecule has 2 N–H and O–H groups in total. The van der Waals surface area contributed by atoms with Crippen LogP contribution in [-0.4, -0.2) is 54.5 Å². The van der Waals surface area contributed by atoms with Crippen LogP contribution in [0.2, 0.25) is 0 Å². The van der Waals surface area contributed by atoms with E-state index in [0.717, 1.165) is 43.7 Å². The third-order valence-electron chi connectivity index (χ3n) is 4.35. The van der Waals surface area contributed by atoms with Gasteiger partial charge in [-0.25, -0.2) is 0 Å². The first-order valence-corrected chi connectivity index (χ1v) is 8.23. The summed E-state index contributed by atoms with van der Waals surface area (Å²) in [7, 11) is 0. The quantitative estimate of drug-likeness (QED) is 0.784. The third kappa shape index (κ3) is 5.15. The Labute approximate surface area is 137 Å². The van der Waals surface area contributed by atoms with Crippen molar-refractivity contribution in [2.75, 3.05) is 32.7 Å². The fraction of sp³-hybridized carbons (Fsp3) is 0.556. The van der Waals surface area contributed by atoms with Crippen LogP contribution in [0.1, 0.15) is 34.3 Å². The number of nitrogens with zero attached hydrogens (tertiary/aromatic N) is 1. The van der Waals surface area contributed by atoms with E-state index in [2.05, 4.69) is 10.2 Å². The van der Waals surface area contributed by atoms with Crippen molar-refractivity contribution in [3.63, 3.8) is 0 Å². The molecule has 5 heteroatoms. The molecule has 1 unspecified atom stereocenters. The van der Waals surface area contributed by atoms with Crippen molar-refractivity contribution in [2.24, 2.45) is 5.92 Å². The van der Waals surface area contributed by atoms with E-state index >= 15 is 0 Å².